The van der Waals surface area contributed by atoms with Crippen LogP contribution in [0, 0.1) is 11.8 Å². The summed E-state index contributed by atoms with van der Waals surface area (Å²) >= 11 is 1.20. The number of carbonyl (C=O) groups excluding carboxylic acids is 1. The second-order valence-corrected chi connectivity index (χ2v) is 4.82. The zero-order chi connectivity index (χ0) is 10.4. The zero-order valence-corrected chi connectivity index (χ0v) is 12.0. The van der Waals surface area contributed by atoms with Crippen LogP contribution in [0.1, 0.15) is 6.42 Å². The van der Waals surface area contributed by atoms with Gasteiger partial charge in [-0.3, -0.25) is 0 Å². The Morgan fingerprint density at radius 1 is 1.86 bits per heavy atom. The van der Waals surface area contributed by atoms with Crippen LogP contribution in [0.5, 0.6) is 0 Å². The number of esters is 1. The first-order valence-electron chi connectivity index (χ1n) is 4.43. The molecule has 0 aromatic heterocycles. The van der Waals surface area contributed by atoms with E-state index in [2.05, 4.69) is 21.9 Å². The number of methoxy groups -OCH3 is 1. The van der Waals surface area contributed by atoms with Crippen LogP contribution in [0.2, 0.25) is 3.98 Å². The van der Waals surface area contributed by atoms with Gasteiger partial charge in [-0.05, 0) is 0 Å². The Labute approximate surface area is 100.0 Å². The molecule has 0 fully saturated rings. The maximum absolute atomic E-state index is 11.1. The molecule has 1 heterocycles. The van der Waals surface area contributed by atoms with E-state index in [-0.39, 0.29) is 12.0 Å². The van der Waals surface area contributed by atoms with Crippen LogP contribution >= 0.6 is 0 Å². The predicted molar refractivity (Wildman–Crippen MR) is 54.8 cm³/mol. The van der Waals surface area contributed by atoms with Gasteiger partial charge in [0.1, 0.15) is 0 Å². The first-order valence-corrected chi connectivity index (χ1v) is 7.18. The van der Waals surface area contributed by atoms with Crippen LogP contribution in [0.25, 0.3) is 0 Å². The monoisotopic (exact) mass is 386 g/mol. The fourth-order valence-corrected chi connectivity index (χ4v) is 1.63. The summed E-state index contributed by atoms with van der Waals surface area (Å²) in [4.78, 5) is 11.1. The van der Waals surface area contributed by atoms with Crippen molar-refractivity contribution in [3.05, 3.63) is 11.6 Å². The molecule has 4 heteroatoms. The Hall–Kier alpha value is -0.348. The summed E-state index contributed by atoms with van der Waals surface area (Å²) in [6, 6.07) is -0.305. The summed E-state index contributed by atoms with van der Waals surface area (Å²) in [5, 5.41) is 3.02. The van der Waals surface area contributed by atoms with Gasteiger partial charge in [-0.2, -0.15) is 0 Å². The quantitative estimate of drug-likeness (QED) is 0.414. The van der Waals surface area contributed by atoms with Crippen molar-refractivity contribution in [2.45, 2.75) is 16.4 Å². The summed E-state index contributed by atoms with van der Waals surface area (Å²) in [5.41, 5.74) is 0.996. The fourth-order valence-electron chi connectivity index (χ4n) is 1.14. The van der Waals surface area contributed by atoms with Crippen molar-refractivity contribution in [2.75, 3.05) is 13.7 Å². The van der Waals surface area contributed by atoms with Gasteiger partial charge in [-0.15, -0.1) is 0 Å². The molecule has 14 heavy (non-hydrogen) atoms. The van der Waals surface area contributed by atoms with Crippen LogP contribution in [0.15, 0.2) is 11.6 Å². The standard InChI is InChI=1S/C10H12NO2.Pb/c1-3-4-5-8-6-9(11-7-8)10(12)13-2;/h6,9,11H,1,3,7H2,2H3;. The van der Waals surface area contributed by atoms with Crippen LogP contribution < -0.4 is 5.32 Å². The van der Waals surface area contributed by atoms with Gasteiger partial charge >= 0.3 is 100 Å². The molecule has 0 aromatic rings. The molecule has 1 N–H and O–H groups in total. The second kappa shape index (κ2) is 6.19. The van der Waals surface area contributed by atoms with Crippen molar-refractivity contribution in [2.24, 2.45) is 0 Å². The van der Waals surface area contributed by atoms with E-state index >= 15 is 0 Å². The Kier molecular flexibility index (Phi) is 5.19. The Morgan fingerprint density at radius 3 is 3.29 bits per heavy atom. The molecule has 0 saturated heterocycles. The molecule has 0 bridgehead atoms. The second-order valence-electron chi connectivity index (χ2n) is 2.88. The van der Waals surface area contributed by atoms with Gasteiger partial charge in [0, 0.05) is 0 Å². The van der Waals surface area contributed by atoms with Crippen molar-refractivity contribution in [1.82, 2.24) is 5.32 Å². The molecule has 0 saturated carbocycles. The molecule has 0 aromatic carbocycles. The average molecular weight is 385 g/mol. The Morgan fingerprint density at radius 2 is 2.64 bits per heavy atom. The van der Waals surface area contributed by atoms with E-state index in [9.17, 15) is 4.79 Å². The maximum atomic E-state index is 11.1. The van der Waals surface area contributed by atoms with E-state index in [1.807, 2.05) is 6.08 Å². The van der Waals surface area contributed by atoms with E-state index in [0.717, 1.165) is 12.0 Å². The molecule has 0 spiro atoms. The number of hydrogen-bond donors (Lipinski definition) is 1. The van der Waals surface area contributed by atoms with Crippen LogP contribution in [0.4, 0.5) is 0 Å². The molecular formula is C10H12NO2Pb. The molecule has 1 aliphatic heterocycles. The SMILES string of the molecule is COC(=O)C1C=C(C#CC[CH2][Pb])CN1. The molecule has 0 amide bonds. The summed E-state index contributed by atoms with van der Waals surface area (Å²) in [6.45, 7) is 0.675. The molecule has 73 valence electrons. The summed E-state index contributed by atoms with van der Waals surface area (Å²) < 4.78 is 5.82. The normalized spacial score (nSPS) is 19.6. The van der Waals surface area contributed by atoms with E-state index < -0.39 is 0 Å². The predicted octanol–water partition coefficient (Wildman–Crippen LogP) is 0.0379. The van der Waals surface area contributed by atoms with E-state index in [0.29, 0.717) is 6.54 Å². The van der Waals surface area contributed by atoms with Crippen molar-refractivity contribution in [1.29, 1.82) is 0 Å². The third-order valence-electron chi connectivity index (χ3n) is 1.83. The Balaban J connectivity index is 2.51. The first kappa shape index (κ1) is 11.7. The fraction of sp³-hybridized carbons (Fsp3) is 0.500. The van der Waals surface area contributed by atoms with E-state index in [1.165, 1.54) is 36.9 Å². The number of nitrogens with one attached hydrogen (secondary N) is 1. The summed E-state index contributed by atoms with van der Waals surface area (Å²) in [7, 11) is 1.39. The van der Waals surface area contributed by atoms with Gasteiger partial charge in [0.05, 0.1) is 0 Å². The van der Waals surface area contributed by atoms with Gasteiger partial charge in [0.25, 0.3) is 0 Å². The van der Waals surface area contributed by atoms with Gasteiger partial charge in [0.2, 0.25) is 0 Å². The molecule has 1 atom stereocenters. The van der Waals surface area contributed by atoms with Crippen molar-refractivity contribution < 1.29 is 9.53 Å². The van der Waals surface area contributed by atoms with Crippen LogP contribution in [-0.4, -0.2) is 51.4 Å². The topological polar surface area (TPSA) is 38.3 Å². The number of ether oxygens (including phenoxy) is 1. The van der Waals surface area contributed by atoms with Crippen LogP contribution in [0.3, 0.4) is 0 Å². The van der Waals surface area contributed by atoms with Crippen LogP contribution in [-0.2, 0) is 9.53 Å². The van der Waals surface area contributed by atoms with Crippen molar-refractivity contribution in [3.8, 4) is 11.8 Å². The van der Waals surface area contributed by atoms with E-state index in [4.69, 9.17) is 0 Å². The minimum absolute atomic E-state index is 0.246. The molecule has 3 radical (unpaired) electrons. The van der Waals surface area contributed by atoms with Gasteiger partial charge in [0.15, 0.2) is 0 Å². The molecule has 1 unspecified atom stereocenters. The number of rotatable bonds is 2. The third-order valence-corrected chi connectivity index (χ3v) is 2.81. The number of carbonyl (C=O) groups is 1. The van der Waals surface area contributed by atoms with Gasteiger partial charge < -0.3 is 0 Å². The number of hydrogen-bond acceptors (Lipinski definition) is 3. The van der Waals surface area contributed by atoms with Gasteiger partial charge in [-0.1, -0.05) is 0 Å². The van der Waals surface area contributed by atoms with E-state index in [1.54, 1.807) is 0 Å². The third kappa shape index (κ3) is 3.42. The minimum atomic E-state index is -0.305. The molecular weight excluding hydrogens is 373 g/mol. The first-order chi connectivity index (χ1) is 6.77. The Bertz CT molecular complexity index is 301. The summed E-state index contributed by atoms with van der Waals surface area (Å²) in [5.74, 6) is 5.89. The zero-order valence-electron chi connectivity index (χ0n) is 8.09. The van der Waals surface area contributed by atoms with Crippen molar-refractivity contribution in [3.63, 3.8) is 0 Å². The average Bonchev–Trinajstić information content (AvgIpc) is 2.66. The summed E-state index contributed by atoms with van der Waals surface area (Å²) in [6.07, 6.45) is 2.80. The molecule has 3 nitrogen and oxygen atoms in total. The van der Waals surface area contributed by atoms with Crippen molar-refractivity contribution >= 4 is 31.7 Å². The molecule has 0 aliphatic carbocycles. The molecule has 1 aliphatic rings. The van der Waals surface area contributed by atoms with Gasteiger partial charge in [-0.25, -0.2) is 0 Å². The molecule has 1 rings (SSSR count).